The van der Waals surface area contributed by atoms with Gasteiger partial charge in [-0.2, -0.15) is 0 Å². The van der Waals surface area contributed by atoms with E-state index in [1.54, 1.807) is 6.92 Å². The van der Waals surface area contributed by atoms with E-state index in [1.165, 1.54) is 0 Å². The Hall–Kier alpha value is -1.90. The highest BCUT2D eigenvalue weighted by molar-refractivity contribution is 7.80. The van der Waals surface area contributed by atoms with Gasteiger partial charge in [0.15, 0.2) is 11.2 Å². The molecule has 1 aromatic rings. The molecule has 2 heterocycles. The van der Waals surface area contributed by atoms with Gasteiger partial charge in [-0.1, -0.05) is 0 Å². The van der Waals surface area contributed by atoms with E-state index in [2.05, 4.69) is 20.9 Å². The highest BCUT2D eigenvalue weighted by atomic mass is 32.1. The quantitative estimate of drug-likeness (QED) is 0.700. The Morgan fingerprint density at radius 1 is 1.42 bits per heavy atom. The van der Waals surface area contributed by atoms with E-state index in [4.69, 9.17) is 21.7 Å². The van der Waals surface area contributed by atoms with Crippen LogP contribution in [0, 0.1) is 0 Å². The summed E-state index contributed by atoms with van der Waals surface area (Å²) in [5, 5.41) is 9.70. The third-order valence-corrected chi connectivity index (χ3v) is 4.23. The van der Waals surface area contributed by atoms with Crippen molar-refractivity contribution in [1.82, 2.24) is 10.2 Å². The van der Waals surface area contributed by atoms with Gasteiger partial charge >= 0.3 is 0 Å². The van der Waals surface area contributed by atoms with Crippen LogP contribution in [0.1, 0.15) is 6.92 Å². The van der Waals surface area contributed by atoms with E-state index in [9.17, 15) is 4.79 Å². The molecule has 0 spiro atoms. The lowest BCUT2D eigenvalue weighted by Gasteiger charge is -2.26. The van der Waals surface area contributed by atoms with Crippen LogP contribution >= 0.6 is 12.2 Å². The summed E-state index contributed by atoms with van der Waals surface area (Å²) in [5.74, 6) is 0.518. The highest BCUT2D eigenvalue weighted by Gasteiger charge is 2.23. The van der Waals surface area contributed by atoms with Crippen molar-refractivity contribution in [2.75, 3.05) is 50.0 Å². The van der Waals surface area contributed by atoms with Gasteiger partial charge in [0.25, 0.3) is 5.91 Å². The number of fused-ring (bicyclic) bond motifs is 1. The monoisotopic (exact) mass is 350 g/mol. The Morgan fingerprint density at radius 3 is 3.00 bits per heavy atom. The molecule has 2 aliphatic heterocycles. The highest BCUT2D eigenvalue weighted by Crippen LogP contribution is 2.32. The average molecular weight is 350 g/mol. The van der Waals surface area contributed by atoms with Crippen molar-refractivity contribution in [2.45, 2.75) is 13.0 Å². The molecule has 1 aromatic carbocycles. The summed E-state index contributed by atoms with van der Waals surface area (Å²) >= 11 is 5.32. The molecular weight excluding hydrogens is 328 g/mol. The Bertz CT molecular complexity index is 619. The molecule has 0 aliphatic carbocycles. The third-order valence-electron chi connectivity index (χ3n) is 3.99. The maximum atomic E-state index is 11.7. The van der Waals surface area contributed by atoms with Crippen molar-refractivity contribution in [2.24, 2.45) is 0 Å². The number of hydrogen-bond donors (Lipinski definition) is 3. The maximum Gasteiger partial charge on any atom is 0.265 e. The fraction of sp³-hybridized carbons (Fsp3) is 0.500. The fourth-order valence-electron chi connectivity index (χ4n) is 2.61. The predicted octanol–water partition coefficient (Wildman–Crippen LogP) is 1.02. The van der Waals surface area contributed by atoms with Crippen LogP contribution in [0.15, 0.2) is 18.2 Å². The SMILES string of the molecule is C[C@@H]1Oc2ccc(NC(=S)NCCN3CCOCC3)cc2NC1=O. The van der Waals surface area contributed by atoms with Crippen LogP contribution in [0.3, 0.4) is 0 Å². The van der Waals surface area contributed by atoms with E-state index in [1.807, 2.05) is 18.2 Å². The van der Waals surface area contributed by atoms with Crippen LogP contribution in [0.4, 0.5) is 11.4 Å². The number of anilines is 2. The molecular formula is C16H22N4O3S. The lowest BCUT2D eigenvalue weighted by atomic mass is 10.2. The molecule has 3 N–H and O–H groups in total. The number of ether oxygens (including phenoxy) is 2. The molecule has 0 bridgehead atoms. The van der Waals surface area contributed by atoms with E-state index >= 15 is 0 Å². The largest absolute Gasteiger partial charge is 0.479 e. The number of rotatable bonds is 4. The Kier molecular flexibility index (Phi) is 5.49. The average Bonchev–Trinajstić information content (AvgIpc) is 2.57. The van der Waals surface area contributed by atoms with Gasteiger partial charge in [-0.3, -0.25) is 9.69 Å². The van der Waals surface area contributed by atoms with Crippen LogP contribution in [-0.2, 0) is 9.53 Å². The molecule has 130 valence electrons. The van der Waals surface area contributed by atoms with Gasteiger partial charge in [-0.05, 0) is 37.3 Å². The van der Waals surface area contributed by atoms with Crippen molar-refractivity contribution in [3.63, 3.8) is 0 Å². The first-order chi connectivity index (χ1) is 11.6. The molecule has 1 saturated heterocycles. The summed E-state index contributed by atoms with van der Waals surface area (Å²) in [6, 6.07) is 5.51. The van der Waals surface area contributed by atoms with Crippen molar-refractivity contribution >= 4 is 34.6 Å². The lowest BCUT2D eigenvalue weighted by Crippen LogP contribution is -2.42. The number of carbonyl (C=O) groups excluding carboxylic acids is 1. The summed E-state index contributed by atoms with van der Waals surface area (Å²) in [7, 11) is 0. The number of morpholine rings is 1. The van der Waals surface area contributed by atoms with Crippen LogP contribution in [0.25, 0.3) is 0 Å². The minimum atomic E-state index is -0.473. The minimum absolute atomic E-state index is 0.147. The van der Waals surface area contributed by atoms with Gasteiger partial charge in [0.1, 0.15) is 5.75 Å². The number of amides is 1. The van der Waals surface area contributed by atoms with Gasteiger partial charge in [0.05, 0.1) is 18.9 Å². The summed E-state index contributed by atoms with van der Waals surface area (Å²) < 4.78 is 10.9. The molecule has 0 unspecified atom stereocenters. The number of carbonyl (C=O) groups is 1. The number of nitrogens with zero attached hydrogens (tertiary/aromatic N) is 1. The van der Waals surface area contributed by atoms with Crippen molar-refractivity contribution < 1.29 is 14.3 Å². The zero-order valence-electron chi connectivity index (χ0n) is 13.6. The zero-order chi connectivity index (χ0) is 16.9. The first-order valence-corrected chi connectivity index (χ1v) is 8.49. The Balaban J connectivity index is 1.48. The molecule has 0 radical (unpaired) electrons. The lowest BCUT2D eigenvalue weighted by molar-refractivity contribution is -0.122. The molecule has 8 heteroatoms. The Labute approximate surface area is 146 Å². The second kappa shape index (κ2) is 7.78. The molecule has 1 atom stereocenters. The molecule has 0 saturated carbocycles. The Morgan fingerprint density at radius 2 is 2.21 bits per heavy atom. The number of thiocarbonyl (C=S) groups is 1. The second-order valence-electron chi connectivity index (χ2n) is 5.80. The molecule has 24 heavy (non-hydrogen) atoms. The molecule has 1 fully saturated rings. The second-order valence-corrected chi connectivity index (χ2v) is 6.20. The van der Waals surface area contributed by atoms with Gasteiger partial charge in [-0.15, -0.1) is 0 Å². The van der Waals surface area contributed by atoms with E-state index < -0.39 is 6.10 Å². The predicted molar refractivity (Wildman–Crippen MR) is 96.6 cm³/mol. The van der Waals surface area contributed by atoms with Crippen LogP contribution in [0.2, 0.25) is 0 Å². The molecule has 1 amide bonds. The van der Waals surface area contributed by atoms with Crippen LogP contribution < -0.4 is 20.7 Å². The van der Waals surface area contributed by atoms with Crippen LogP contribution in [0.5, 0.6) is 5.75 Å². The zero-order valence-corrected chi connectivity index (χ0v) is 14.4. The minimum Gasteiger partial charge on any atom is -0.479 e. The van der Waals surface area contributed by atoms with Crippen molar-refractivity contribution in [3.05, 3.63) is 18.2 Å². The number of hydrogen-bond acceptors (Lipinski definition) is 5. The standard InChI is InChI=1S/C16H22N4O3S/c1-11-15(21)19-13-10-12(2-3-14(13)23-11)18-16(24)17-4-5-20-6-8-22-9-7-20/h2-3,10-11H,4-9H2,1H3,(H,19,21)(H2,17,18,24)/t11-/m0/s1. The van der Waals surface area contributed by atoms with E-state index in [0.717, 1.165) is 45.1 Å². The summed E-state index contributed by atoms with van der Waals surface area (Å²) in [5.41, 5.74) is 1.45. The van der Waals surface area contributed by atoms with E-state index in [-0.39, 0.29) is 5.91 Å². The summed E-state index contributed by atoms with van der Waals surface area (Å²) in [6.07, 6.45) is -0.473. The van der Waals surface area contributed by atoms with E-state index in [0.29, 0.717) is 16.5 Å². The summed E-state index contributed by atoms with van der Waals surface area (Å²) in [4.78, 5) is 14.0. The van der Waals surface area contributed by atoms with Gasteiger partial charge in [0, 0.05) is 31.9 Å². The smallest absolute Gasteiger partial charge is 0.265 e. The molecule has 7 nitrogen and oxygen atoms in total. The van der Waals surface area contributed by atoms with Crippen molar-refractivity contribution in [3.8, 4) is 5.75 Å². The number of nitrogens with one attached hydrogen (secondary N) is 3. The van der Waals surface area contributed by atoms with Crippen LogP contribution in [-0.4, -0.2) is 61.4 Å². The molecule has 2 aliphatic rings. The topological polar surface area (TPSA) is 74.9 Å². The van der Waals surface area contributed by atoms with Crippen molar-refractivity contribution in [1.29, 1.82) is 0 Å². The fourth-order valence-corrected chi connectivity index (χ4v) is 2.83. The third kappa shape index (κ3) is 4.34. The van der Waals surface area contributed by atoms with Gasteiger partial charge in [0.2, 0.25) is 0 Å². The first-order valence-electron chi connectivity index (χ1n) is 8.08. The van der Waals surface area contributed by atoms with Gasteiger partial charge in [-0.25, -0.2) is 0 Å². The maximum absolute atomic E-state index is 11.7. The molecule has 0 aromatic heterocycles. The number of benzene rings is 1. The summed E-state index contributed by atoms with van der Waals surface area (Å²) in [6.45, 7) is 6.94. The normalized spacial score (nSPS) is 20.5. The first kappa shape index (κ1) is 16.9. The van der Waals surface area contributed by atoms with Gasteiger partial charge < -0.3 is 25.4 Å². The molecule has 3 rings (SSSR count).